The fraction of sp³-hybridized carbons (Fsp3) is 0.235. The molecule has 2 rings (SSSR count). The molecular formula is C17H17BrClNOS2. The van der Waals surface area contributed by atoms with Gasteiger partial charge in [-0.3, -0.25) is 4.79 Å². The zero-order chi connectivity index (χ0) is 16.7. The first-order valence-corrected chi connectivity index (χ1v) is 10.2. The summed E-state index contributed by atoms with van der Waals surface area (Å²) in [7, 11) is 0. The third-order valence-corrected chi connectivity index (χ3v) is 5.89. The molecule has 0 bridgehead atoms. The molecular weight excluding hydrogens is 414 g/mol. The van der Waals surface area contributed by atoms with E-state index in [4.69, 9.17) is 11.6 Å². The van der Waals surface area contributed by atoms with Crippen LogP contribution in [0.1, 0.15) is 6.92 Å². The first-order chi connectivity index (χ1) is 11.0. The molecule has 0 spiro atoms. The van der Waals surface area contributed by atoms with Gasteiger partial charge in [-0.15, -0.1) is 23.5 Å². The molecule has 2 nitrogen and oxygen atoms in total. The van der Waals surface area contributed by atoms with Crippen LogP contribution in [0.5, 0.6) is 0 Å². The average Bonchev–Trinajstić information content (AvgIpc) is 2.55. The van der Waals surface area contributed by atoms with Crippen molar-refractivity contribution < 1.29 is 4.79 Å². The van der Waals surface area contributed by atoms with Crippen LogP contribution in [-0.4, -0.2) is 23.5 Å². The Morgan fingerprint density at radius 3 is 2.39 bits per heavy atom. The van der Waals surface area contributed by atoms with Crippen molar-refractivity contribution >= 4 is 57.0 Å². The minimum Gasteiger partial charge on any atom is -0.354 e. The van der Waals surface area contributed by atoms with Gasteiger partial charge in [0.05, 0.1) is 5.25 Å². The first-order valence-electron chi connectivity index (χ1n) is 7.13. The minimum absolute atomic E-state index is 0.0568. The molecule has 1 amide bonds. The number of hydrogen-bond acceptors (Lipinski definition) is 3. The van der Waals surface area contributed by atoms with Crippen LogP contribution < -0.4 is 5.32 Å². The van der Waals surface area contributed by atoms with Gasteiger partial charge >= 0.3 is 0 Å². The number of thioether (sulfide) groups is 2. The highest BCUT2D eigenvalue weighted by Crippen LogP contribution is 2.25. The Bertz CT molecular complexity index is 634. The van der Waals surface area contributed by atoms with E-state index in [-0.39, 0.29) is 11.2 Å². The predicted molar refractivity (Wildman–Crippen MR) is 105 cm³/mol. The quantitative estimate of drug-likeness (QED) is 0.465. The molecule has 0 aliphatic rings. The van der Waals surface area contributed by atoms with Gasteiger partial charge in [0.25, 0.3) is 0 Å². The summed E-state index contributed by atoms with van der Waals surface area (Å²) in [5.41, 5.74) is 0. The van der Waals surface area contributed by atoms with Gasteiger partial charge in [0.15, 0.2) is 0 Å². The summed E-state index contributed by atoms with van der Waals surface area (Å²) in [5, 5.41) is 3.55. The van der Waals surface area contributed by atoms with E-state index in [1.807, 2.05) is 43.3 Å². The zero-order valence-electron chi connectivity index (χ0n) is 12.6. The standard InChI is InChI=1S/C17H17BrClNOS2/c1-12(23-16-8-4-14(19)5-9-16)17(21)20-10-11-22-15-6-2-13(18)3-7-15/h2-9,12H,10-11H2,1H3,(H,20,21)/t12-/m0/s1. The maximum Gasteiger partial charge on any atom is 0.233 e. The number of benzene rings is 2. The SMILES string of the molecule is C[C@H](Sc1ccc(Cl)cc1)C(=O)NCCSc1ccc(Br)cc1. The average molecular weight is 431 g/mol. The van der Waals surface area contributed by atoms with E-state index in [0.717, 1.165) is 15.1 Å². The summed E-state index contributed by atoms with van der Waals surface area (Å²) in [5.74, 6) is 0.910. The van der Waals surface area contributed by atoms with E-state index in [9.17, 15) is 4.79 Å². The lowest BCUT2D eigenvalue weighted by Crippen LogP contribution is -2.32. The van der Waals surface area contributed by atoms with Crippen molar-refractivity contribution in [3.63, 3.8) is 0 Å². The molecule has 1 atom stereocenters. The van der Waals surface area contributed by atoms with E-state index in [0.29, 0.717) is 11.6 Å². The van der Waals surface area contributed by atoms with E-state index in [2.05, 4.69) is 33.4 Å². The monoisotopic (exact) mass is 429 g/mol. The Morgan fingerprint density at radius 1 is 1.13 bits per heavy atom. The van der Waals surface area contributed by atoms with Crippen LogP contribution in [-0.2, 0) is 4.79 Å². The summed E-state index contributed by atoms with van der Waals surface area (Å²) in [6, 6.07) is 15.7. The third-order valence-electron chi connectivity index (χ3n) is 2.98. The van der Waals surface area contributed by atoms with Crippen molar-refractivity contribution in [3.05, 3.63) is 58.0 Å². The molecule has 0 radical (unpaired) electrons. The Labute approximate surface area is 158 Å². The lowest BCUT2D eigenvalue weighted by atomic mass is 10.4. The van der Waals surface area contributed by atoms with Crippen LogP contribution in [0.3, 0.4) is 0 Å². The molecule has 2 aromatic carbocycles. The molecule has 23 heavy (non-hydrogen) atoms. The molecule has 0 aromatic heterocycles. The molecule has 0 aliphatic carbocycles. The molecule has 2 aromatic rings. The molecule has 0 fully saturated rings. The second-order valence-electron chi connectivity index (χ2n) is 4.81. The Morgan fingerprint density at radius 2 is 1.74 bits per heavy atom. The predicted octanol–water partition coefficient (Wildman–Crippen LogP) is 5.49. The smallest absolute Gasteiger partial charge is 0.233 e. The molecule has 0 aliphatic heterocycles. The number of rotatable bonds is 7. The van der Waals surface area contributed by atoms with E-state index in [1.54, 1.807) is 11.8 Å². The minimum atomic E-state index is -0.131. The fourth-order valence-electron chi connectivity index (χ4n) is 1.79. The van der Waals surface area contributed by atoms with E-state index in [1.165, 1.54) is 16.7 Å². The van der Waals surface area contributed by atoms with Crippen LogP contribution in [0, 0.1) is 0 Å². The Kier molecular flexibility index (Phi) is 7.83. The highest BCUT2D eigenvalue weighted by Gasteiger charge is 2.13. The lowest BCUT2D eigenvalue weighted by Gasteiger charge is -2.12. The van der Waals surface area contributed by atoms with Gasteiger partial charge in [0.2, 0.25) is 5.91 Å². The summed E-state index contributed by atoms with van der Waals surface area (Å²) in [4.78, 5) is 14.3. The number of halogens is 2. The van der Waals surface area contributed by atoms with E-state index < -0.39 is 0 Å². The number of carbonyl (C=O) groups excluding carboxylic acids is 1. The van der Waals surface area contributed by atoms with Crippen molar-refractivity contribution in [2.24, 2.45) is 0 Å². The maximum atomic E-state index is 12.1. The Hall–Kier alpha value is -0.620. The van der Waals surface area contributed by atoms with Gasteiger partial charge in [-0.05, 0) is 55.5 Å². The summed E-state index contributed by atoms with van der Waals surface area (Å²) < 4.78 is 1.07. The highest BCUT2D eigenvalue weighted by atomic mass is 79.9. The second-order valence-corrected chi connectivity index (χ2v) is 8.74. The van der Waals surface area contributed by atoms with Crippen molar-refractivity contribution in [2.75, 3.05) is 12.3 Å². The maximum absolute atomic E-state index is 12.1. The van der Waals surface area contributed by atoms with Crippen LogP contribution in [0.4, 0.5) is 0 Å². The molecule has 0 saturated carbocycles. The molecule has 6 heteroatoms. The fourth-order valence-corrected chi connectivity index (χ4v) is 3.84. The van der Waals surface area contributed by atoms with Crippen molar-refractivity contribution in [1.29, 1.82) is 0 Å². The van der Waals surface area contributed by atoms with E-state index >= 15 is 0 Å². The highest BCUT2D eigenvalue weighted by molar-refractivity contribution is 9.10. The summed E-state index contributed by atoms with van der Waals surface area (Å²) in [6.45, 7) is 2.57. The van der Waals surface area contributed by atoms with Gasteiger partial charge in [0, 0.05) is 31.6 Å². The number of carbonyl (C=O) groups is 1. The largest absolute Gasteiger partial charge is 0.354 e. The third kappa shape index (κ3) is 6.79. The van der Waals surface area contributed by atoms with Crippen LogP contribution in [0.2, 0.25) is 5.02 Å². The lowest BCUT2D eigenvalue weighted by molar-refractivity contribution is -0.120. The number of nitrogens with one attached hydrogen (secondary N) is 1. The summed E-state index contributed by atoms with van der Waals surface area (Å²) in [6.07, 6.45) is 0. The topological polar surface area (TPSA) is 29.1 Å². The number of hydrogen-bond donors (Lipinski definition) is 1. The van der Waals surface area contributed by atoms with Crippen LogP contribution in [0.15, 0.2) is 62.8 Å². The van der Waals surface area contributed by atoms with Gasteiger partial charge in [-0.25, -0.2) is 0 Å². The normalized spacial score (nSPS) is 12.0. The molecule has 0 saturated heterocycles. The number of amides is 1. The first kappa shape index (κ1) is 18.7. The van der Waals surface area contributed by atoms with Crippen LogP contribution >= 0.6 is 51.1 Å². The second kappa shape index (κ2) is 9.62. The van der Waals surface area contributed by atoms with Crippen molar-refractivity contribution in [3.8, 4) is 0 Å². The summed E-state index contributed by atoms with van der Waals surface area (Å²) >= 11 is 12.5. The zero-order valence-corrected chi connectivity index (χ0v) is 16.6. The molecule has 0 heterocycles. The van der Waals surface area contributed by atoms with Gasteiger partial charge < -0.3 is 5.32 Å². The van der Waals surface area contributed by atoms with Gasteiger partial charge in [-0.2, -0.15) is 0 Å². The van der Waals surface area contributed by atoms with Crippen molar-refractivity contribution in [1.82, 2.24) is 5.32 Å². The van der Waals surface area contributed by atoms with Gasteiger partial charge in [0.1, 0.15) is 0 Å². The van der Waals surface area contributed by atoms with Gasteiger partial charge in [-0.1, -0.05) is 27.5 Å². The molecule has 122 valence electrons. The van der Waals surface area contributed by atoms with Crippen LogP contribution in [0.25, 0.3) is 0 Å². The Balaban J connectivity index is 1.69. The molecule has 1 N–H and O–H groups in total. The van der Waals surface area contributed by atoms with Crippen molar-refractivity contribution in [2.45, 2.75) is 22.0 Å². The molecule has 0 unspecified atom stereocenters.